The van der Waals surface area contributed by atoms with Gasteiger partial charge in [-0.05, 0) is 121 Å². The van der Waals surface area contributed by atoms with E-state index in [1.54, 1.807) is 99.3 Å². The number of esters is 2. The molecule has 4 amide bonds. The lowest BCUT2D eigenvalue weighted by Crippen LogP contribution is -2.71. The zero-order chi connectivity index (χ0) is 65.1. The third-order valence-electron chi connectivity index (χ3n) is 14.5. The van der Waals surface area contributed by atoms with Gasteiger partial charge >= 0.3 is 18.0 Å². The second-order valence-corrected chi connectivity index (χ2v) is 26.3. The molecule has 0 spiro atoms. The molecule has 8 rings (SSSR count). The third-order valence-corrected chi connectivity index (χ3v) is 17.0. The number of nitrogens with zero attached hydrogens (tertiary/aromatic N) is 5. The minimum absolute atomic E-state index is 0.0159. The third kappa shape index (κ3) is 17.2. The average molecular weight is 1300 g/mol. The number of rotatable bonds is 26. The van der Waals surface area contributed by atoms with Crippen molar-refractivity contribution >= 4 is 81.3 Å². The van der Waals surface area contributed by atoms with E-state index >= 15 is 0 Å². The molecule has 0 saturated carbocycles. The molecule has 90 heavy (non-hydrogen) atoms. The number of likely N-dealkylation sites (tertiary alicyclic amines) is 1. The van der Waals surface area contributed by atoms with Crippen molar-refractivity contribution in [3.8, 4) is 28.7 Å². The number of halogens is 1. The Morgan fingerprint density at radius 2 is 1.32 bits per heavy atom. The fraction of sp³-hybridized carbons (Fsp3) is 0.438. The summed E-state index contributed by atoms with van der Waals surface area (Å²) in [6.45, 7) is 15.3. The summed E-state index contributed by atoms with van der Waals surface area (Å²) in [4.78, 5) is 102. The van der Waals surface area contributed by atoms with Crippen LogP contribution in [-0.2, 0) is 62.9 Å². The van der Waals surface area contributed by atoms with Crippen molar-refractivity contribution in [3.05, 3.63) is 135 Å². The molecule has 5 aromatic rings. The number of thioether (sulfide) groups is 1. The number of nitrogens with one attached hydrogen (secondary N) is 2. The van der Waals surface area contributed by atoms with Gasteiger partial charge in [-0.2, -0.15) is 0 Å². The van der Waals surface area contributed by atoms with Gasteiger partial charge in [-0.15, -0.1) is 23.1 Å². The number of fused-ring (bicyclic) bond motifs is 1. The minimum atomic E-state index is -1.71. The Hall–Kier alpha value is -8.10. The molecule has 26 heteroatoms. The Morgan fingerprint density at radius 1 is 0.756 bits per heavy atom. The normalized spacial score (nSPS) is 16.4. The highest BCUT2D eigenvalue weighted by Crippen LogP contribution is 2.43. The number of hydroxylamine groups is 2. The van der Waals surface area contributed by atoms with Crippen LogP contribution < -0.4 is 34.3 Å². The molecule has 2 atom stereocenters. The summed E-state index contributed by atoms with van der Waals surface area (Å²) >= 11 is 9.47. The van der Waals surface area contributed by atoms with Gasteiger partial charge in [-0.1, -0.05) is 53.2 Å². The van der Waals surface area contributed by atoms with Gasteiger partial charge in [0.15, 0.2) is 22.3 Å². The van der Waals surface area contributed by atoms with E-state index in [1.165, 1.54) is 48.1 Å². The number of oxime groups is 1. The molecule has 1 aromatic heterocycles. The first-order valence-electron chi connectivity index (χ1n) is 29.0. The van der Waals surface area contributed by atoms with Gasteiger partial charge in [0.2, 0.25) is 5.60 Å². The van der Waals surface area contributed by atoms with Crippen LogP contribution in [0.5, 0.6) is 28.7 Å². The van der Waals surface area contributed by atoms with Gasteiger partial charge in [-0.3, -0.25) is 29.4 Å². The Morgan fingerprint density at radius 3 is 1.88 bits per heavy atom. The molecule has 3 aliphatic rings. The van der Waals surface area contributed by atoms with Crippen molar-refractivity contribution in [1.29, 1.82) is 0 Å². The number of thiazole rings is 1. The van der Waals surface area contributed by atoms with Gasteiger partial charge in [0, 0.05) is 29.5 Å². The van der Waals surface area contributed by atoms with Gasteiger partial charge < -0.3 is 52.5 Å². The fourth-order valence-electron chi connectivity index (χ4n) is 9.87. The van der Waals surface area contributed by atoms with E-state index in [9.17, 15) is 28.8 Å². The number of benzene rings is 4. The van der Waals surface area contributed by atoms with Gasteiger partial charge in [0.25, 0.3) is 17.7 Å². The summed E-state index contributed by atoms with van der Waals surface area (Å²) in [5, 5.41) is 11.4. The van der Waals surface area contributed by atoms with Crippen LogP contribution in [0.15, 0.2) is 107 Å². The Labute approximate surface area is 536 Å². The summed E-state index contributed by atoms with van der Waals surface area (Å²) in [6, 6.07) is 23.8. The van der Waals surface area contributed by atoms with Crippen LogP contribution in [0.3, 0.4) is 0 Å². The highest BCUT2D eigenvalue weighted by Gasteiger charge is 2.56. The first-order valence-corrected chi connectivity index (χ1v) is 31.3. The zero-order valence-electron chi connectivity index (χ0n) is 52.6. The molecule has 23 nitrogen and oxygen atoms in total. The number of quaternary nitrogens is 1. The lowest BCUT2D eigenvalue weighted by molar-refractivity contribution is -0.912. The van der Waals surface area contributed by atoms with E-state index in [0.29, 0.717) is 64.8 Å². The van der Waals surface area contributed by atoms with Crippen molar-refractivity contribution in [3.63, 3.8) is 0 Å². The maximum absolute atomic E-state index is 14.7. The number of β-lactam (4-membered cyclic amide) rings is 1. The van der Waals surface area contributed by atoms with Crippen molar-refractivity contribution in [1.82, 2.24) is 20.3 Å². The van der Waals surface area contributed by atoms with Crippen molar-refractivity contribution < 1.29 is 80.8 Å². The first kappa shape index (κ1) is 67.8. The van der Waals surface area contributed by atoms with E-state index in [4.69, 9.17) is 59.2 Å². The van der Waals surface area contributed by atoms with E-state index in [2.05, 4.69) is 20.8 Å². The number of hydrogen-bond donors (Lipinski definition) is 2. The standard InChI is InChI=1S/C64H76ClN7O16S2/c1-62(2,3)86-59(77)64(7,8)88-69-50(47-38-90-60(66-47)68-61(78)87-63(4,5)6)54(73)67-51-56(75)71-52(58(76)85-36-41-19-25-45(81-11)26-20-41)42(37-89-57(51)71)33-72(30-13-14-31-72)32-29-70(82-12)55(74)46-27-28-48(83-34-39-15-21-43(79-9)22-16-39)53(49(46)65)84-35-40-17-23-44(80-10)24-18-40/h15-28,38,51,57H,13-14,29-37H2,1-12H3,(H-,66,67,68,73,78)/p+1/b69-50-/t51-,57-/m1/s1. The predicted octanol–water partition coefficient (Wildman–Crippen LogP) is 9.88. The summed E-state index contributed by atoms with van der Waals surface area (Å²) in [5.74, 6) is -0.877. The van der Waals surface area contributed by atoms with Crippen molar-refractivity contribution in [2.45, 2.75) is 116 Å². The largest absolute Gasteiger partial charge is 0.497 e. The van der Waals surface area contributed by atoms with Crippen LogP contribution in [0.2, 0.25) is 5.02 Å². The number of aromatic nitrogens is 1. The van der Waals surface area contributed by atoms with E-state index in [1.807, 2.05) is 48.5 Å². The molecule has 2 saturated heterocycles. The average Bonchev–Trinajstić information content (AvgIpc) is 0.745. The topological polar surface area (TPSA) is 251 Å². The number of carbonyl (C=O) groups excluding carboxylic acids is 6. The summed E-state index contributed by atoms with van der Waals surface area (Å²) < 4.78 is 46.0. The first-order chi connectivity index (χ1) is 42.7. The van der Waals surface area contributed by atoms with E-state index < -0.39 is 69.7 Å². The van der Waals surface area contributed by atoms with Crippen LogP contribution in [0.25, 0.3) is 0 Å². The Bertz CT molecular complexity index is 3470. The van der Waals surface area contributed by atoms with Crippen LogP contribution >= 0.6 is 34.7 Å². The monoisotopic (exact) mass is 1300 g/mol. The van der Waals surface area contributed by atoms with Crippen LogP contribution in [0.4, 0.5) is 9.93 Å². The van der Waals surface area contributed by atoms with Gasteiger partial charge in [0.1, 0.15) is 77.6 Å². The lowest BCUT2D eigenvalue weighted by Gasteiger charge is -2.50. The Kier molecular flexibility index (Phi) is 22.0. The molecular weight excluding hydrogens is 1220 g/mol. The van der Waals surface area contributed by atoms with Crippen LogP contribution in [-0.4, -0.2) is 156 Å². The molecular formula is C64H77ClN7O16S2+. The second-order valence-electron chi connectivity index (χ2n) is 23.9. The highest BCUT2D eigenvalue weighted by molar-refractivity contribution is 8.00. The van der Waals surface area contributed by atoms with E-state index in [0.717, 1.165) is 35.3 Å². The fourth-order valence-corrected chi connectivity index (χ4v) is 12.2. The molecule has 4 aromatic carbocycles. The molecule has 0 bridgehead atoms. The van der Waals surface area contributed by atoms with Crippen LogP contribution in [0, 0.1) is 0 Å². The number of anilines is 1. The molecule has 482 valence electrons. The summed E-state index contributed by atoms with van der Waals surface area (Å²) in [6.07, 6.45) is 0.894. The summed E-state index contributed by atoms with van der Waals surface area (Å²) in [7, 11) is 6.12. The van der Waals surface area contributed by atoms with Gasteiger partial charge in [-0.25, -0.2) is 24.4 Å². The van der Waals surface area contributed by atoms with E-state index in [-0.39, 0.29) is 65.0 Å². The molecule has 0 aliphatic carbocycles. The maximum Gasteiger partial charge on any atom is 0.413 e. The number of carbonyl (C=O) groups is 6. The number of methoxy groups -OCH3 is 3. The predicted molar refractivity (Wildman–Crippen MR) is 337 cm³/mol. The molecule has 0 radical (unpaired) electrons. The number of amides is 4. The quantitative estimate of drug-likeness (QED) is 0.0130. The smallest absolute Gasteiger partial charge is 0.413 e. The van der Waals surface area contributed by atoms with Gasteiger partial charge in [0.05, 0.1) is 65.2 Å². The Balaban J connectivity index is 1.04. The van der Waals surface area contributed by atoms with Crippen molar-refractivity contribution in [2.24, 2.45) is 5.16 Å². The van der Waals surface area contributed by atoms with Crippen molar-refractivity contribution in [2.75, 3.05) is 72.2 Å². The second kappa shape index (κ2) is 29.2. The lowest BCUT2D eigenvalue weighted by atomic mass is 10.0. The summed E-state index contributed by atoms with van der Waals surface area (Å²) in [5.41, 5.74) is -0.793. The zero-order valence-corrected chi connectivity index (χ0v) is 54.9. The molecule has 4 heterocycles. The molecule has 2 fully saturated rings. The van der Waals surface area contributed by atoms with Crippen LogP contribution in [0.1, 0.15) is 101 Å². The number of hydrogen-bond acceptors (Lipinski definition) is 20. The highest BCUT2D eigenvalue weighted by atomic mass is 35.5. The minimum Gasteiger partial charge on any atom is -0.497 e. The maximum atomic E-state index is 14.7. The molecule has 0 unspecified atom stereocenters. The molecule has 2 N–H and O–H groups in total. The molecule has 3 aliphatic heterocycles. The SMILES string of the molecule is COc1ccc(COC(=O)C2=C(C[N+]3(CCN(OC)C(=O)c4ccc(OCc5ccc(OC)cc5)c(OCc5ccc(OC)cc5)c4Cl)CCCC3)CS[C@@H]3[C@H](NC(=O)/C(=N\OC(C)(C)C(=O)OC(C)(C)C)c4csc(NC(=O)OC(C)(C)C)n4)C(=O)N23)cc1. The number of ether oxygens (including phenoxy) is 8.